The number of nitrogens with zero attached hydrogens (tertiary/aromatic N) is 2. The summed E-state index contributed by atoms with van der Waals surface area (Å²) in [4.78, 5) is 28.6. The van der Waals surface area contributed by atoms with E-state index >= 15 is 0 Å². The molecule has 0 unspecified atom stereocenters. The molecule has 0 fully saturated rings. The minimum absolute atomic E-state index is 0.0477. The van der Waals surface area contributed by atoms with Crippen molar-refractivity contribution < 1.29 is 18.0 Å². The average molecular weight is 570 g/mol. The molecule has 0 bridgehead atoms. The Balaban J connectivity index is 2.01. The van der Waals surface area contributed by atoms with E-state index in [1.54, 1.807) is 50.2 Å². The summed E-state index contributed by atoms with van der Waals surface area (Å²) in [5.41, 5.74) is 1.33. The van der Waals surface area contributed by atoms with Crippen molar-refractivity contribution in [3.8, 4) is 0 Å². The number of carbonyl (C=O) groups excluding carboxylic acids is 2. The van der Waals surface area contributed by atoms with Crippen LogP contribution in [0.5, 0.6) is 0 Å². The molecule has 7 nitrogen and oxygen atoms in total. The zero-order chi connectivity index (χ0) is 28.8. The van der Waals surface area contributed by atoms with E-state index in [1.807, 2.05) is 51.1 Å². The van der Waals surface area contributed by atoms with Crippen LogP contribution in [0.25, 0.3) is 0 Å². The summed E-state index contributed by atoms with van der Waals surface area (Å²) >= 11 is 6.35. The first-order chi connectivity index (χ1) is 18.3. The van der Waals surface area contributed by atoms with Crippen LogP contribution in [0.15, 0.2) is 83.8 Å². The Morgan fingerprint density at radius 3 is 2.10 bits per heavy atom. The molecule has 1 atom stereocenters. The van der Waals surface area contributed by atoms with Crippen LogP contribution < -0.4 is 9.62 Å². The molecule has 3 rings (SSSR count). The molecular formula is C30H36ClN3O4S. The first-order valence-corrected chi connectivity index (χ1v) is 14.6. The van der Waals surface area contributed by atoms with Crippen LogP contribution in [0.3, 0.4) is 0 Å². The topological polar surface area (TPSA) is 86.8 Å². The Bertz CT molecular complexity index is 1390. The lowest BCUT2D eigenvalue weighted by molar-refractivity contribution is -0.139. The second kappa shape index (κ2) is 12.7. The van der Waals surface area contributed by atoms with Gasteiger partial charge in [0.05, 0.1) is 10.6 Å². The second-order valence-electron chi connectivity index (χ2n) is 10.4. The van der Waals surface area contributed by atoms with Gasteiger partial charge in [-0.2, -0.15) is 0 Å². The number of hydrogen-bond acceptors (Lipinski definition) is 4. The zero-order valence-corrected chi connectivity index (χ0v) is 24.6. The Morgan fingerprint density at radius 1 is 0.923 bits per heavy atom. The molecular weight excluding hydrogens is 534 g/mol. The molecule has 1 N–H and O–H groups in total. The van der Waals surface area contributed by atoms with Crippen LogP contribution >= 0.6 is 11.6 Å². The van der Waals surface area contributed by atoms with E-state index < -0.39 is 34.1 Å². The van der Waals surface area contributed by atoms with Crippen LogP contribution in [0.2, 0.25) is 5.02 Å². The molecule has 0 saturated heterocycles. The number of halogens is 1. The first-order valence-electron chi connectivity index (χ1n) is 12.8. The number of nitrogens with one attached hydrogen (secondary N) is 1. The van der Waals surface area contributed by atoms with Gasteiger partial charge in [0.2, 0.25) is 11.8 Å². The Labute approximate surface area is 236 Å². The summed E-state index contributed by atoms with van der Waals surface area (Å²) in [6.07, 6.45) is 0.501. The molecule has 208 valence electrons. The standard InChI is InChI=1S/C30H36ClN3O4S/c1-22-26(31)17-12-18-27(22)34(39(37,38)25-15-10-7-11-16-25)21-28(35)33(20-19-24-13-8-6-9-14-24)23(2)29(36)32-30(3,4)5/h6-18,23H,19-21H2,1-5H3,(H,32,36)/t23-/m1/s1. The van der Waals surface area contributed by atoms with Gasteiger partial charge in [-0.15, -0.1) is 0 Å². The van der Waals surface area contributed by atoms with Gasteiger partial charge in [0.1, 0.15) is 12.6 Å². The number of anilines is 1. The summed E-state index contributed by atoms with van der Waals surface area (Å²) in [5, 5.41) is 3.31. The highest BCUT2D eigenvalue weighted by Gasteiger charge is 2.33. The van der Waals surface area contributed by atoms with Crippen molar-refractivity contribution in [3.63, 3.8) is 0 Å². The predicted molar refractivity (Wildman–Crippen MR) is 156 cm³/mol. The molecule has 3 aromatic rings. The van der Waals surface area contributed by atoms with E-state index in [-0.39, 0.29) is 17.3 Å². The minimum atomic E-state index is -4.14. The Kier molecular flexibility index (Phi) is 9.80. The molecule has 39 heavy (non-hydrogen) atoms. The third-order valence-electron chi connectivity index (χ3n) is 6.27. The van der Waals surface area contributed by atoms with Crippen LogP contribution in [-0.2, 0) is 26.0 Å². The summed E-state index contributed by atoms with van der Waals surface area (Å²) in [6.45, 7) is 8.69. The van der Waals surface area contributed by atoms with Gasteiger partial charge >= 0.3 is 0 Å². The third-order valence-corrected chi connectivity index (χ3v) is 8.45. The first kappa shape index (κ1) is 30.2. The summed E-state index contributed by atoms with van der Waals surface area (Å²) in [7, 11) is -4.14. The van der Waals surface area contributed by atoms with Gasteiger partial charge in [0.15, 0.2) is 0 Å². The summed E-state index contributed by atoms with van der Waals surface area (Å²) < 4.78 is 28.8. The lowest BCUT2D eigenvalue weighted by Crippen LogP contribution is -2.55. The summed E-state index contributed by atoms with van der Waals surface area (Å²) in [6, 6.07) is 21.7. The molecule has 0 aliphatic carbocycles. The molecule has 0 radical (unpaired) electrons. The number of rotatable bonds is 10. The quantitative estimate of drug-likeness (QED) is 0.363. The molecule has 0 heterocycles. The highest BCUT2D eigenvalue weighted by atomic mass is 35.5. The minimum Gasteiger partial charge on any atom is -0.350 e. The van der Waals surface area contributed by atoms with E-state index in [0.29, 0.717) is 22.7 Å². The van der Waals surface area contributed by atoms with Gasteiger partial charge in [0, 0.05) is 17.1 Å². The molecule has 0 aliphatic rings. The van der Waals surface area contributed by atoms with Crippen LogP contribution in [0.4, 0.5) is 5.69 Å². The number of carbonyl (C=O) groups is 2. The van der Waals surface area contributed by atoms with Crippen LogP contribution in [-0.4, -0.2) is 49.8 Å². The van der Waals surface area contributed by atoms with Crippen molar-refractivity contribution in [1.82, 2.24) is 10.2 Å². The van der Waals surface area contributed by atoms with Crippen molar-refractivity contribution in [1.29, 1.82) is 0 Å². The SMILES string of the molecule is Cc1c(Cl)cccc1N(CC(=O)N(CCc1ccccc1)[C@H](C)C(=O)NC(C)(C)C)S(=O)(=O)c1ccccc1. The van der Waals surface area contributed by atoms with E-state index in [9.17, 15) is 18.0 Å². The number of hydrogen-bond donors (Lipinski definition) is 1. The highest BCUT2D eigenvalue weighted by Crippen LogP contribution is 2.31. The summed E-state index contributed by atoms with van der Waals surface area (Å²) in [5.74, 6) is -0.818. The lowest BCUT2D eigenvalue weighted by Gasteiger charge is -2.34. The molecule has 0 spiro atoms. The molecule has 0 aliphatic heterocycles. The van der Waals surface area contributed by atoms with Crippen LogP contribution in [0.1, 0.15) is 38.8 Å². The number of amides is 2. The Morgan fingerprint density at radius 2 is 1.51 bits per heavy atom. The smallest absolute Gasteiger partial charge is 0.264 e. The fourth-order valence-corrected chi connectivity index (χ4v) is 5.81. The van der Waals surface area contributed by atoms with Gasteiger partial charge in [0.25, 0.3) is 10.0 Å². The van der Waals surface area contributed by atoms with Gasteiger partial charge in [-0.05, 0) is 76.4 Å². The van der Waals surface area contributed by atoms with Crippen molar-refractivity contribution in [2.45, 2.75) is 57.5 Å². The van der Waals surface area contributed by atoms with Crippen molar-refractivity contribution in [2.75, 3.05) is 17.4 Å². The maximum atomic E-state index is 13.9. The van der Waals surface area contributed by atoms with Crippen LogP contribution in [0, 0.1) is 6.92 Å². The average Bonchev–Trinajstić information content (AvgIpc) is 2.89. The fraction of sp³-hybridized carbons (Fsp3) is 0.333. The van der Waals surface area contributed by atoms with E-state index in [4.69, 9.17) is 11.6 Å². The van der Waals surface area contributed by atoms with E-state index in [1.165, 1.54) is 17.0 Å². The molecule has 0 aromatic heterocycles. The fourth-order valence-electron chi connectivity index (χ4n) is 4.14. The largest absolute Gasteiger partial charge is 0.350 e. The third kappa shape index (κ3) is 7.83. The van der Waals surface area contributed by atoms with Gasteiger partial charge in [-0.1, -0.05) is 66.2 Å². The van der Waals surface area contributed by atoms with Gasteiger partial charge in [-0.3, -0.25) is 13.9 Å². The highest BCUT2D eigenvalue weighted by molar-refractivity contribution is 7.92. The molecule has 0 saturated carbocycles. The number of sulfonamides is 1. The lowest BCUT2D eigenvalue weighted by atomic mass is 10.1. The normalized spacial score (nSPS) is 12.5. The van der Waals surface area contributed by atoms with E-state index in [2.05, 4.69) is 5.32 Å². The maximum absolute atomic E-state index is 13.9. The second-order valence-corrected chi connectivity index (χ2v) is 12.7. The van der Waals surface area contributed by atoms with Gasteiger partial charge in [-0.25, -0.2) is 8.42 Å². The molecule has 9 heteroatoms. The molecule has 2 amide bonds. The van der Waals surface area contributed by atoms with Gasteiger partial charge < -0.3 is 10.2 Å². The van der Waals surface area contributed by atoms with Crippen molar-refractivity contribution >= 4 is 39.1 Å². The van der Waals surface area contributed by atoms with Crippen molar-refractivity contribution in [3.05, 3.63) is 95.0 Å². The van der Waals surface area contributed by atoms with E-state index in [0.717, 1.165) is 9.87 Å². The maximum Gasteiger partial charge on any atom is 0.264 e. The Hall–Kier alpha value is -3.36. The zero-order valence-electron chi connectivity index (χ0n) is 23.0. The molecule has 3 aromatic carbocycles. The number of benzene rings is 3. The predicted octanol–water partition coefficient (Wildman–Crippen LogP) is 5.22. The van der Waals surface area contributed by atoms with Crippen molar-refractivity contribution in [2.24, 2.45) is 0 Å². The monoisotopic (exact) mass is 569 g/mol.